The molecule has 0 aliphatic heterocycles. The van der Waals surface area contributed by atoms with Gasteiger partial charge in [-0.25, -0.2) is 0 Å². The fraction of sp³-hybridized carbons (Fsp3) is 0.111. The summed E-state index contributed by atoms with van der Waals surface area (Å²) in [4.78, 5) is 0. The van der Waals surface area contributed by atoms with Crippen molar-refractivity contribution in [3.8, 4) is 17.2 Å². The van der Waals surface area contributed by atoms with Crippen LogP contribution in [0.3, 0.4) is 0 Å². The minimum absolute atomic E-state index is 0.396. The van der Waals surface area contributed by atoms with Crippen molar-refractivity contribution in [1.29, 1.82) is 0 Å². The summed E-state index contributed by atoms with van der Waals surface area (Å²) in [5.41, 5.74) is 6.05. The summed E-state index contributed by atoms with van der Waals surface area (Å²) in [5.74, 6) is -1.33. The Hall–Kier alpha value is -1.68. The van der Waals surface area contributed by atoms with Gasteiger partial charge in [0.25, 0.3) is 0 Å². The third-order valence-corrected chi connectivity index (χ3v) is 1.73. The first-order valence-corrected chi connectivity index (χ1v) is 3.69. The van der Waals surface area contributed by atoms with E-state index in [9.17, 15) is 0 Å². The van der Waals surface area contributed by atoms with E-state index in [4.69, 9.17) is 21.1 Å². The van der Waals surface area contributed by atoms with Crippen molar-refractivity contribution in [1.82, 2.24) is 0 Å². The third-order valence-electron chi connectivity index (χ3n) is 1.73. The molecule has 0 aliphatic rings. The predicted molar refractivity (Wildman–Crippen MR) is 48.6 cm³/mol. The summed E-state index contributed by atoms with van der Waals surface area (Å²) < 4.78 is 0. The van der Waals surface area contributed by atoms with Gasteiger partial charge in [-0.1, -0.05) is 6.08 Å². The van der Waals surface area contributed by atoms with E-state index >= 15 is 0 Å². The average molecular weight is 181 g/mol. The summed E-state index contributed by atoms with van der Waals surface area (Å²) in [5, 5.41) is 27.3. The second-order valence-electron chi connectivity index (χ2n) is 2.67. The zero-order valence-electron chi connectivity index (χ0n) is 6.94. The van der Waals surface area contributed by atoms with Gasteiger partial charge in [0.1, 0.15) is 0 Å². The van der Waals surface area contributed by atoms with Crippen LogP contribution in [0.4, 0.5) is 0 Å². The highest BCUT2D eigenvalue weighted by Crippen LogP contribution is 2.36. The Bertz CT molecular complexity index is 313. The molecule has 70 valence electrons. The van der Waals surface area contributed by atoms with E-state index in [0.717, 1.165) is 0 Å². The van der Waals surface area contributed by atoms with Gasteiger partial charge in [-0.15, -0.1) is 6.58 Å². The lowest BCUT2D eigenvalue weighted by Crippen LogP contribution is -2.05. The van der Waals surface area contributed by atoms with Gasteiger partial charge in [-0.05, 0) is 17.7 Å². The Kier molecular flexibility index (Phi) is 2.44. The lowest BCUT2D eigenvalue weighted by Gasteiger charge is -2.08. The van der Waals surface area contributed by atoms with Gasteiger partial charge in [0.2, 0.25) is 0 Å². The molecule has 0 spiro atoms. The topological polar surface area (TPSA) is 86.7 Å². The maximum absolute atomic E-state index is 9.13. The molecule has 0 heterocycles. The molecule has 4 nitrogen and oxygen atoms in total. The van der Waals surface area contributed by atoms with Crippen LogP contribution in [-0.4, -0.2) is 15.3 Å². The smallest absolute Gasteiger partial charge is 0.200 e. The molecular weight excluding hydrogens is 170 g/mol. The molecule has 0 aromatic heterocycles. The summed E-state index contributed by atoms with van der Waals surface area (Å²) >= 11 is 0. The van der Waals surface area contributed by atoms with Crippen LogP contribution in [0, 0.1) is 0 Å². The highest BCUT2D eigenvalue weighted by molar-refractivity contribution is 5.52. The Morgan fingerprint density at radius 3 is 2.08 bits per heavy atom. The van der Waals surface area contributed by atoms with Crippen LogP contribution in [0.25, 0.3) is 0 Å². The Morgan fingerprint density at radius 2 is 1.69 bits per heavy atom. The maximum atomic E-state index is 9.13. The van der Waals surface area contributed by atoms with Crippen LogP contribution >= 0.6 is 0 Å². The van der Waals surface area contributed by atoms with E-state index in [0.29, 0.717) is 5.56 Å². The van der Waals surface area contributed by atoms with Crippen LogP contribution in [0.5, 0.6) is 17.2 Å². The lowest BCUT2D eigenvalue weighted by atomic mass is 10.1. The number of hydrogen-bond donors (Lipinski definition) is 4. The van der Waals surface area contributed by atoms with Crippen molar-refractivity contribution in [2.45, 2.75) is 6.04 Å². The first kappa shape index (κ1) is 9.41. The van der Waals surface area contributed by atoms with Crippen LogP contribution in [0.15, 0.2) is 24.8 Å². The third kappa shape index (κ3) is 1.73. The summed E-state index contributed by atoms with van der Waals surface area (Å²) in [6.07, 6.45) is 1.46. The predicted octanol–water partition coefficient (Wildman–Crippen LogP) is 0.989. The molecule has 0 saturated heterocycles. The normalized spacial score (nSPS) is 12.4. The lowest BCUT2D eigenvalue weighted by molar-refractivity contribution is 0.367. The fourth-order valence-electron chi connectivity index (χ4n) is 0.954. The van der Waals surface area contributed by atoms with Crippen molar-refractivity contribution in [2.75, 3.05) is 0 Å². The van der Waals surface area contributed by atoms with Crippen molar-refractivity contribution >= 4 is 0 Å². The van der Waals surface area contributed by atoms with E-state index in [2.05, 4.69) is 6.58 Å². The molecule has 13 heavy (non-hydrogen) atoms. The summed E-state index contributed by atoms with van der Waals surface area (Å²) in [6, 6.07) is 2.08. The van der Waals surface area contributed by atoms with Crippen molar-refractivity contribution in [3.05, 3.63) is 30.4 Å². The monoisotopic (exact) mass is 181 g/mol. The van der Waals surface area contributed by atoms with E-state index in [1.807, 2.05) is 0 Å². The van der Waals surface area contributed by atoms with Crippen molar-refractivity contribution in [2.24, 2.45) is 5.73 Å². The Morgan fingerprint density at radius 1 is 1.23 bits per heavy atom. The number of nitrogens with two attached hydrogens (primary N) is 1. The molecule has 0 saturated carbocycles. The molecule has 1 aromatic rings. The zero-order chi connectivity index (χ0) is 10.0. The van der Waals surface area contributed by atoms with Gasteiger partial charge < -0.3 is 21.1 Å². The molecule has 1 atom stereocenters. The Labute approximate surface area is 75.6 Å². The van der Waals surface area contributed by atoms with Crippen LogP contribution < -0.4 is 5.73 Å². The number of aromatic hydroxyl groups is 3. The SMILES string of the molecule is C=CC(N)c1cc(O)c(O)c(O)c1. The molecular formula is C9H11NO3. The second kappa shape index (κ2) is 3.37. The standard InChI is InChI=1S/C9H11NO3/c1-2-6(10)5-3-7(11)9(13)8(12)4-5/h2-4,6,11-13H,1,10H2. The number of rotatable bonds is 2. The van der Waals surface area contributed by atoms with Crippen molar-refractivity contribution < 1.29 is 15.3 Å². The van der Waals surface area contributed by atoms with Gasteiger partial charge in [0.15, 0.2) is 17.2 Å². The molecule has 0 aliphatic carbocycles. The number of benzene rings is 1. The number of phenols is 3. The molecule has 0 amide bonds. The Balaban J connectivity index is 3.20. The molecule has 0 bridgehead atoms. The van der Waals surface area contributed by atoms with Gasteiger partial charge in [-0.2, -0.15) is 0 Å². The number of hydrogen-bond acceptors (Lipinski definition) is 4. The quantitative estimate of drug-likeness (QED) is 0.404. The maximum Gasteiger partial charge on any atom is 0.200 e. The summed E-state index contributed by atoms with van der Waals surface area (Å²) in [6.45, 7) is 3.47. The highest BCUT2D eigenvalue weighted by Gasteiger charge is 2.10. The van der Waals surface area contributed by atoms with Gasteiger partial charge >= 0.3 is 0 Å². The van der Waals surface area contributed by atoms with Gasteiger partial charge in [-0.3, -0.25) is 0 Å². The van der Waals surface area contributed by atoms with E-state index in [1.54, 1.807) is 0 Å². The largest absolute Gasteiger partial charge is 0.504 e. The molecule has 1 rings (SSSR count). The number of phenolic OH excluding ortho intramolecular Hbond substituents is 3. The highest BCUT2D eigenvalue weighted by atomic mass is 16.3. The van der Waals surface area contributed by atoms with Crippen molar-refractivity contribution in [3.63, 3.8) is 0 Å². The molecule has 1 unspecified atom stereocenters. The first-order chi connectivity index (χ1) is 6.06. The minimum Gasteiger partial charge on any atom is -0.504 e. The van der Waals surface area contributed by atoms with Gasteiger partial charge in [0, 0.05) is 6.04 Å². The fourth-order valence-corrected chi connectivity index (χ4v) is 0.954. The van der Waals surface area contributed by atoms with E-state index < -0.39 is 23.3 Å². The minimum atomic E-state index is -0.542. The average Bonchev–Trinajstić information content (AvgIpc) is 2.12. The van der Waals surface area contributed by atoms with E-state index in [1.165, 1.54) is 18.2 Å². The van der Waals surface area contributed by atoms with Crippen LogP contribution in [0.1, 0.15) is 11.6 Å². The van der Waals surface area contributed by atoms with Crippen LogP contribution in [-0.2, 0) is 0 Å². The molecule has 5 N–H and O–H groups in total. The molecule has 0 radical (unpaired) electrons. The first-order valence-electron chi connectivity index (χ1n) is 3.69. The molecule has 4 heteroatoms. The van der Waals surface area contributed by atoms with Gasteiger partial charge in [0.05, 0.1) is 0 Å². The summed E-state index contributed by atoms with van der Waals surface area (Å²) in [7, 11) is 0. The molecule has 1 aromatic carbocycles. The zero-order valence-corrected chi connectivity index (χ0v) is 6.94. The van der Waals surface area contributed by atoms with E-state index in [-0.39, 0.29) is 0 Å². The second-order valence-corrected chi connectivity index (χ2v) is 2.67. The molecule has 0 fully saturated rings. The van der Waals surface area contributed by atoms with Crippen LogP contribution in [0.2, 0.25) is 0 Å².